The highest BCUT2D eigenvalue weighted by Gasteiger charge is 2.40. The van der Waals surface area contributed by atoms with E-state index < -0.39 is 0 Å². The molecule has 0 radical (unpaired) electrons. The lowest BCUT2D eigenvalue weighted by atomic mass is 9.80. The molecule has 5 heteroatoms. The summed E-state index contributed by atoms with van der Waals surface area (Å²) in [6, 6.07) is 5.18. The van der Waals surface area contributed by atoms with Gasteiger partial charge in [-0.15, -0.1) is 0 Å². The van der Waals surface area contributed by atoms with E-state index in [0.717, 1.165) is 0 Å². The number of benzene rings is 1. The van der Waals surface area contributed by atoms with Gasteiger partial charge in [0.05, 0.1) is 12.7 Å². The summed E-state index contributed by atoms with van der Waals surface area (Å²) < 4.78 is 5.82. The average molecular weight is 354 g/mol. The molecule has 1 fully saturated rings. The van der Waals surface area contributed by atoms with Gasteiger partial charge in [-0.1, -0.05) is 20.8 Å². The van der Waals surface area contributed by atoms with Crippen LogP contribution in [-0.2, 0) is 4.79 Å². The Labute approximate surface area is 133 Å². The molecule has 0 spiro atoms. The molecule has 0 bridgehead atoms. The SMILES string of the molecule is COc1ccc(Br)c(C(=O)N2CC(C(C)(C)C)CC2=O)c1. The van der Waals surface area contributed by atoms with E-state index in [0.29, 0.717) is 28.8 Å². The molecule has 114 valence electrons. The fourth-order valence-corrected chi connectivity index (χ4v) is 2.84. The van der Waals surface area contributed by atoms with Gasteiger partial charge in [-0.3, -0.25) is 14.5 Å². The first kappa shape index (κ1) is 16.0. The Hall–Kier alpha value is -1.36. The summed E-state index contributed by atoms with van der Waals surface area (Å²) in [5.41, 5.74) is 0.466. The summed E-state index contributed by atoms with van der Waals surface area (Å²) in [4.78, 5) is 26.2. The van der Waals surface area contributed by atoms with Gasteiger partial charge in [0.1, 0.15) is 5.75 Å². The van der Waals surface area contributed by atoms with Crippen LogP contribution in [-0.4, -0.2) is 30.4 Å². The summed E-state index contributed by atoms with van der Waals surface area (Å²) in [5.74, 6) is 0.422. The fraction of sp³-hybridized carbons (Fsp3) is 0.500. The van der Waals surface area contributed by atoms with Crippen molar-refractivity contribution in [1.82, 2.24) is 4.90 Å². The van der Waals surface area contributed by atoms with Crippen LogP contribution in [0.3, 0.4) is 0 Å². The van der Waals surface area contributed by atoms with Crippen molar-refractivity contribution in [2.75, 3.05) is 13.7 Å². The number of nitrogens with zero attached hydrogens (tertiary/aromatic N) is 1. The van der Waals surface area contributed by atoms with Crippen LogP contribution in [0.1, 0.15) is 37.6 Å². The van der Waals surface area contributed by atoms with E-state index >= 15 is 0 Å². The maximum Gasteiger partial charge on any atom is 0.261 e. The minimum Gasteiger partial charge on any atom is -0.497 e. The fourth-order valence-electron chi connectivity index (χ4n) is 2.42. The Morgan fingerprint density at radius 3 is 2.57 bits per heavy atom. The Kier molecular flexibility index (Phi) is 4.42. The number of imide groups is 1. The van der Waals surface area contributed by atoms with Gasteiger partial charge >= 0.3 is 0 Å². The number of rotatable bonds is 2. The van der Waals surface area contributed by atoms with Crippen molar-refractivity contribution in [1.29, 1.82) is 0 Å². The number of amides is 2. The van der Waals surface area contributed by atoms with E-state index in [1.165, 1.54) is 4.90 Å². The van der Waals surface area contributed by atoms with E-state index in [-0.39, 0.29) is 23.1 Å². The highest BCUT2D eigenvalue weighted by molar-refractivity contribution is 9.10. The predicted molar refractivity (Wildman–Crippen MR) is 84.3 cm³/mol. The summed E-state index contributed by atoms with van der Waals surface area (Å²) in [6.07, 6.45) is 0.427. The third kappa shape index (κ3) is 3.28. The van der Waals surface area contributed by atoms with E-state index in [1.54, 1.807) is 25.3 Å². The zero-order chi connectivity index (χ0) is 15.8. The summed E-state index contributed by atoms with van der Waals surface area (Å²) in [5, 5.41) is 0. The highest BCUT2D eigenvalue weighted by Crippen LogP contribution is 2.35. The Balaban J connectivity index is 2.27. The van der Waals surface area contributed by atoms with E-state index in [4.69, 9.17) is 4.74 Å². The average Bonchev–Trinajstić information content (AvgIpc) is 2.80. The molecule has 1 aliphatic heterocycles. The van der Waals surface area contributed by atoms with Gasteiger partial charge in [0.15, 0.2) is 0 Å². The molecule has 21 heavy (non-hydrogen) atoms. The summed E-state index contributed by atoms with van der Waals surface area (Å²) in [7, 11) is 1.55. The van der Waals surface area contributed by atoms with Gasteiger partial charge in [-0.2, -0.15) is 0 Å². The number of methoxy groups -OCH3 is 1. The first-order valence-electron chi connectivity index (χ1n) is 6.92. The molecule has 0 aromatic heterocycles. The monoisotopic (exact) mass is 353 g/mol. The van der Waals surface area contributed by atoms with E-state index in [2.05, 4.69) is 36.7 Å². The van der Waals surface area contributed by atoms with Crippen LogP contribution in [0.2, 0.25) is 0 Å². The number of hydrogen-bond acceptors (Lipinski definition) is 3. The molecule has 2 rings (SSSR count). The number of ether oxygens (including phenoxy) is 1. The number of carbonyl (C=O) groups is 2. The van der Waals surface area contributed by atoms with Crippen molar-refractivity contribution in [3.8, 4) is 5.75 Å². The third-order valence-electron chi connectivity index (χ3n) is 4.00. The number of hydrogen-bond donors (Lipinski definition) is 0. The minimum atomic E-state index is -0.266. The lowest BCUT2D eigenvalue weighted by Gasteiger charge is -2.26. The molecular formula is C16H20BrNO3. The van der Waals surface area contributed by atoms with Gasteiger partial charge in [0, 0.05) is 17.4 Å². The second-order valence-corrected chi connectivity index (χ2v) is 7.28. The Morgan fingerprint density at radius 2 is 2.05 bits per heavy atom. The molecule has 4 nitrogen and oxygen atoms in total. The standard InChI is InChI=1S/C16H20BrNO3/c1-16(2,3)10-7-14(19)18(9-10)15(20)12-8-11(21-4)5-6-13(12)17/h5-6,8,10H,7,9H2,1-4H3. The molecular weight excluding hydrogens is 334 g/mol. The van der Waals surface area contributed by atoms with E-state index in [9.17, 15) is 9.59 Å². The van der Waals surface area contributed by atoms with Gasteiger partial charge in [-0.05, 0) is 45.5 Å². The number of carbonyl (C=O) groups excluding carboxylic acids is 2. The molecule has 0 aliphatic carbocycles. The maximum absolute atomic E-state index is 12.6. The van der Waals surface area contributed by atoms with Gasteiger partial charge in [0.25, 0.3) is 5.91 Å². The molecule has 1 saturated heterocycles. The van der Waals surface area contributed by atoms with Crippen LogP contribution >= 0.6 is 15.9 Å². The first-order chi connectivity index (χ1) is 9.74. The molecule has 0 saturated carbocycles. The quantitative estimate of drug-likeness (QED) is 0.764. The topological polar surface area (TPSA) is 46.6 Å². The molecule has 0 N–H and O–H groups in total. The lowest BCUT2D eigenvalue weighted by Crippen LogP contribution is -2.33. The smallest absolute Gasteiger partial charge is 0.261 e. The molecule has 2 amide bonds. The van der Waals surface area contributed by atoms with E-state index in [1.807, 2.05) is 0 Å². The maximum atomic E-state index is 12.6. The zero-order valence-electron chi connectivity index (χ0n) is 12.8. The van der Waals surface area contributed by atoms with Crippen molar-refractivity contribution >= 4 is 27.7 Å². The molecule has 1 heterocycles. The van der Waals surface area contributed by atoms with Crippen LogP contribution in [0.5, 0.6) is 5.75 Å². The predicted octanol–water partition coefficient (Wildman–Crippen LogP) is 3.49. The zero-order valence-corrected chi connectivity index (χ0v) is 14.4. The lowest BCUT2D eigenvalue weighted by molar-refractivity contribution is -0.125. The normalized spacial score (nSPS) is 19.0. The number of likely N-dealkylation sites (tertiary alicyclic amines) is 1. The van der Waals surface area contributed by atoms with Crippen LogP contribution in [0, 0.1) is 11.3 Å². The Morgan fingerprint density at radius 1 is 1.38 bits per heavy atom. The van der Waals surface area contributed by atoms with Crippen molar-refractivity contribution in [3.05, 3.63) is 28.2 Å². The van der Waals surface area contributed by atoms with Crippen molar-refractivity contribution in [2.24, 2.45) is 11.3 Å². The van der Waals surface area contributed by atoms with Gasteiger partial charge in [-0.25, -0.2) is 0 Å². The van der Waals surface area contributed by atoms with Crippen LogP contribution < -0.4 is 4.74 Å². The van der Waals surface area contributed by atoms with Crippen molar-refractivity contribution < 1.29 is 14.3 Å². The van der Waals surface area contributed by atoms with Gasteiger partial charge in [0.2, 0.25) is 5.91 Å². The molecule has 1 aliphatic rings. The molecule has 1 unspecified atom stereocenters. The first-order valence-corrected chi connectivity index (χ1v) is 7.71. The highest BCUT2D eigenvalue weighted by atomic mass is 79.9. The largest absolute Gasteiger partial charge is 0.497 e. The molecule has 1 atom stereocenters. The second-order valence-electron chi connectivity index (χ2n) is 6.42. The van der Waals surface area contributed by atoms with Crippen LogP contribution in [0.4, 0.5) is 0 Å². The second kappa shape index (κ2) is 5.79. The molecule has 1 aromatic rings. The van der Waals surface area contributed by atoms with Crippen LogP contribution in [0.25, 0.3) is 0 Å². The minimum absolute atomic E-state index is 0.0102. The molecule has 1 aromatic carbocycles. The summed E-state index contributed by atoms with van der Waals surface area (Å²) in [6.45, 7) is 6.77. The van der Waals surface area contributed by atoms with Crippen LogP contribution in [0.15, 0.2) is 22.7 Å². The van der Waals surface area contributed by atoms with Crippen molar-refractivity contribution in [3.63, 3.8) is 0 Å². The number of halogens is 1. The van der Waals surface area contributed by atoms with Crippen molar-refractivity contribution in [2.45, 2.75) is 27.2 Å². The summed E-state index contributed by atoms with van der Waals surface area (Å²) >= 11 is 3.37. The van der Waals surface area contributed by atoms with Gasteiger partial charge < -0.3 is 4.74 Å². The Bertz CT molecular complexity index is 577. The third-order valence-corrected chi connectivity index (χ3v) is 4.69.